The highest BCUT2D eigenvalue weighted by Gasteiger charge is 2.21. The number of halogens is 2. The minimum Gasteiger partial charge on any atom is -0.444 e. The summed E-state index contributed by atoms with van der Waals surface area (Å²) in [7, 11) is 0. The molecule has 0 aromatic heterocycles. The number of carbonyl (C=O) groups excluding carboxylic acids is 1. The molecule has 4 nitrogen and oxygen atoms in total. The Balaban J connectivity index is 2.14. The van der Waals surface area contributed by atoms with Crippen molar-refractivity contribution >= 4 is 23.0 Å². The maximum atomic E-state index is 13.8. The minimum atomic E-state index is -0.940. The SMILES string of the molecule is CC(C)(C)OC(=O)NC1=NC(c2cccc(F)c2F)C=CS1. The molecular formula is C15H16F2N2O2S. The fraction of sp³-hybridized carbons (Fsp3) is 0.333. The van der Waals surface area contributed by atoms with Crippen LogP contribution in [0.1, 0.15) is 32.4 Å². The predicted molar refractivity (Wildman–Crippen MR) is 82.6 cm³/mol. The lowest BCUT2D eigenvalue weighted by molar-refractivity contribution is 0.0564. The number of ether oxygens (including phenoxy) is 1. The van der Waals surface area contributed by atoms with E-state index in [0.717, 1.165) is 6.07 Å². The van der Waals surface area contributed by atoms with Crippen LogP contribution in [0.5, 0.6) is 0 Å². The van der Waals surface area contributed by atoms with Gasteiger partial charge in [0.05, 0.1) is 6.04 Å². The Labute approximate surface area is 131 Å². The van der Waals surface area contributed by atoms with Crippen molar-refractivity contribution in [3.8, 4) is 0 Å². The quantitative estimate of drug-likeness (QED) is 0.843. The summed E-state index contributed by atoms with van der Waals surface area (Å²) in [5.41, 5.74) is -0.520. The average molecular weight is 326 g/mol. The van der Waals surface area contributed by atoms with Crippen LogP contribution in [0.25, 0.3) is 0 Å². The molecule has 0 saturated heterocycles. The Morgan fingerprint density at radius 3 is 2.77 bits per heavy atom. The second-order valence-electron chi connectivity index (χ2n) is 5.60. The number of hydrogen-bond acceptors (Lipinski definition) is 4. The molecule has 22 heavy (non-hydrogen) atoms. The first-order chi connectivity index (χ1) is 10.3. The van der Waals surface area contributed by atoms with Crippen molar-refractivity contribution in [1.29, 1.82) is 0 Å². The predicted octanol–water partition coefficient (Wildman–Crippen LogP) is 4.15. The lowest BCUT2D eigenvalue weighted by Gasteiger charge is -2.21. The van der Waals surface area contributed by atoms with Gasteiger partial charge in [-0.3, -0.25) is 5.32 Å². The van der Waals surface area contributed by atoms with E-state index in [0.29, 0.717) is 0 Å². The van der Waals surface area contributed by atoms with E-state index >= 15 is 0 Å². The zero-order valence-corrected chi connectivity index (χ0v) is 13.2. The maximum Gasteiger partial charge on any atom is 0.413 e. The molecule has 0 saturated carbocycles. The van der Waals surface area contributed by atoms with Crippen LogP contribution in [-0.4, -0.2) is 16.9 Å². The number of nitrogens with one attached hydrogen (secondary N) is 1. The number of thioether (sulfide) groups is 1. The van der Waals surface area contributed by atoms with E-state index in [2.05, 4.69) is 10.3 Å². The molecule has 1 atom stereocenters. The van der Waals surface area contributed by atoms with Crippen LogP contribution in [0.2, 0.25) is 0 Å². The molecule has 1 N–H and O–H groups in total. The monoisotopic (exact) mass is 326 g/mol. The molecule has 0 fully saturated rings. The fourth-order valence-electron chi connectivity index (χ4n) is 1.75. The first-order valence-electron chi connectivity index (χ1n) is 6.61. The average Bonchev–Trinajstić information content (AvgIpc) is 2.40. The summed E-state index contributed by atoms with van der Waals surface area (Å²) in [6, 6.07) is 3.23. The first kappa shape index (κ1) is 16.5. The number of aliphatic imine (C=N–C) groups is 1. The summed E-state index contributed by atoms with van der Waals surface area (Å²) in [5.74, 6) is -1.87. The topological polar surface area (TPSA) is 50.7 Å². The Hall–Kier alpha value is -1.89. The van der Waals surface area contributed by atoms with Gasteiger partial charge in [0.2, 0.25) is 0 Å². The van der Waals surface area contributed by atoms with Crippen molar-refractivity contribution in [2.45, 2.75) is 32.4 Å². The molecule has 0 bridgehead atoms. The van der Waals surface area contributed by atoms with E-state index in [9.17, 15) is 13.6 Å². The van der Waals surface area contributed by atoms with Gasteiger partial charge in [0.25, 0.3) is 0 Å². The van der Waals surface area contributed by atoms with Crippen LogP contribution in [0.3, 0.4) is 0 Å². The third-order valence-corrected chi connectivity index (χ3v) is 3.33. The summed E-state index contributed by atoms with van der Waals surface area (Å²) < 4.78 is 32.2. The largest absolute Gasteiger partial charge is 0.444 e. The highest BCUT2D eigenvalue weighted by molar-refractivity contribution is 8.16. The van der Waals surface area contributed by atoms with Gasteiger partial charge < -0.3 is 4.74 Å². The molecule has 1 aromatic rings. The molecule has 0 radical (unpaired) electrons. The summed E-state index contributed by atoms with van der Waals surface area (Å²) in [4.78, 5) is 15.9. The Kier molecular flexibility index (Phi) is 4.85. The van der Waals surface area contributed by atoms with Crippen molar-refractivity contribution in [2.24, 2.45) is 4.99 Å². The zero-order valence-electron chi connectivity index (χ0n) is 12.4. The lowest BCUT2D eigenvalue weighted by Crippen LogP contribution is -2.35. The van der Waals surface area contributed by atoms with Crippen LogP contribution in [0, 0.1) is 11.6 Å². The molecular weight excluding hydrogens is 310 g/mol. The number of alkyl carbamates (subject to hydrolysis) is 1. The van der Waals surface area contributed by atoms with Gasteiger partial charge in [-0.25, -0.2) is 18.6 Å². The third-order valence-electron chi connectivity index (χ3n) is 2.60. The van der Waals surface area contributed by atoms with E-state index in [-0.39, 0.29) is 10.7 Å². The number of carbonyl (C=O) groups is 1. The molecule has 0 aliphatic carbocycles. The molecule has 1 unspecified atom stereocenters. The molecule has 1 aliphatic heterocycles. The standard InChI is InChI=1S/C15H16F2N2O2S/c1-15(2,3)21-14(20)19-13-18-11(7-8-22-13)9-5-4-6-10(16)12(9)17/h4-8,11H,1-3H3,(H,18,19,20). The summed E-state index contributed by atoms with van der Waals surface area (Å²) >= 11 is 1.17. The number of nitrogens with zero attached hydrogens (tertiary/aromatic N) is 1. The number of rotatable bonds is 1. The molecule has 1 amide bonds. The van der Waals surface area contributed by atoms with Crippen molar-refractivity contribution in [3.63, 3.8) is 0 Å². The normalized spacial score (nSPS) is 17.9. The summed E-state index contributed by atoms with van der Waals surface area (Å²) in [6.07, 6.45) is 0.982. The molecule has 1 aromatic carbocycles. The molecule has 0 spiro atoms. The van der Waals surface area contributed by atoms with E-state index in [4.69, 9.17) is 4.74 Å². The second-order valence-corrected chi connectivity index (χ2v) is 6.49. The van der Waals surface area contributed by atoms with E-state index < -0.39 is 29.4 Å². The van der Waals surface area contributed by atoms with Crippen LogP contribution < -0.4 is 5.32 Å². The molecule has 2 rings (SSSR count). The molecule has 7 heteroatoms. The summed E-state index contributed by atoms with van der Waals surface area (Å²) in [6.45, 7) is 5.23. The van der Waals surface area contributed by atoms with Gasteiger partial charge >= 0.3 is 6.09 Å². The van der Waals surface area contributed by atoms with Crippen LogP contribution in [0.4, 0.5) is 13.6 Å². The second kappa shape index (κ2) is 6.48. The van der Waals surface area contributed by atoms with Gasteiger partial charge in [-0.05, 0) is 38.3 Å². The van der Waals surface area contributed by atoms with E-state index in [1.165, 1.54) is 23.9 Å². The van der Waals surface area contributed by atoms with Crippen molar-refractivity contribution in [3.05, 3.63) is 46.9 Å². The van der Waals surface area contributed by atoms with Gasteiger partial charge in [-0.15, -0.1) is 0 Å². The molecule has 118 valence electrons. The van der Waals surface area contributed by atoms with Gasteiger partial charge in [0, 0.05) is 5.56 Å². The Bertz CT molecular complexity index is 639. The van der Waals surface area contributed by atoms with Crippen molar-refractivity contribution < 1.29 is 18.3 Å². The smallest absolute Gasteiger partial charge is 0.413 e. The molecule has 1 heterocycles. The zero-order chi connectivity index (χ0) is 16.3. The first-order valence-corrected chi connectivity index (χ1v) is 7.49. The Morgan fingerprint density at radius 2 is 2.09 bits per heavy atom. The Morgan fingerprint density at radius 1 is 1.36 bits per heavy atom. The molecule has 1 aliphatic rings. The number of hydrogen-bond donors (Lipinski definition) is 1. The number of amides is 1. The maximum absolute atomic E-state index is 13.8. The van der Waals surface area contributed by atoms with E-state index in [1.54, 1.807) is 32.3 Å². The third kappa shape index (κ3) is 4.30. The highest BCUT2D eigenvalue weighted by atomic mass is 32.2. The summed E-state index contributed by atoms with van der Waals surface area (Å²) in [5, 5.41) is 4.42. The fourth-order valence-corrected chi connectivity index (χ4v) is 2.43. The minimum absolute atomic E-state index is 0.111. The van der Waals surface area contributed by atoms with Gasteiger partial charge in [0.15, 0.2) is 16.8 Å². The van der Waals surface area contributed by atoms with Crippen LogP contribution >= 0.6 is 11.8 Å². The van der Waals surface area contributed by atoms with E-state index in [1.807, 2.05) is 0 Å². The van der Waals surface area contributed by atoms with Gasteiger partial charge in [-0.1, -0.05) is 23.9 Å². The van der Waals surface area contributed by atoms with Crippen LogP contribution in [0.15, 0.2) is 34.7 Å². The van der Waals surface area contributed by atoms with Crippen molar-refractivity contribution in [1.82, 2.24) is 5.32 Å². The number of amidine groups is 1. The van der Waals surface area contributed by atoms with Crippen LogP contribution in [-0.2, 0) is 4.74 Å². The lowest BCUT2D eigenvalue weighted by atomic mass is 10.1. The highest BCUT2D eigenvalue weighted by Crippen LogP contribution is 2.29. The van der Waals surface area contributed by atoms with Crippen molar-refractivity contribution in [2.75, 3.05) is 0 Å². The van der Waals surface area contributed by atoms with Gasteiger partial charge in [-0.2, -0.15) is 0 Å². The number of benzene rings is 1. The van der Waals surface area contributed by atoms with Gasteiger partial charge in [0.1, 0.15) is 5.60 Å².